The standard InChI is InChI=1S/C26H31N5O2/c1-27-12-16-29(17-13-27)21-8-10-22(11-9-21)31-25(32)23(20-6-4-3-5-7-20)24(26(31)33)30-18-14-28(2)15-19-30/h3-11H,12-19H2,1-2H3. The van der Waals surface area contributed by atoms with E-state index in [1.165, 1.54) is 4.90 Å². The Morgan fingerprint density at radius 3 is 1.67 bits per heavy atom. The minimum Gasteiger partial charge on any atom is -0.369 e. The summed E-state index contributed by atoms with van der Waals surface area (Å²) in [4.78, 5) is 37.7. The highest BCUT2D eigenvalue weighted by Crippen LogP contribution is 2.35. The van der Waals surface area contributed by atoms with Crippen LogP contribution in [-0.4, -0.2) is 93.0 Å². The Bertz CT molecular complexity index is 1050. The molecule has 0 N–H and O–H groups in total. The van der Waals surface area contributed by atoms with Crippen molar-refractivity contribution < 1.29 is 9.59 Å². The molecule has 0 aliphatic carbocycles. The molecular weight excluding hydrogens is 414 g/mol. The number of imide groups is 1. The Morgan fingerprint density at radius 1 is 0.576 bits per heavy atom. The van der Waals surface area contributed by atoms with Gasteiger partial charge in [0.1, 0.15) is 5.70 Å². The third-order valence-corrected chi connectivity index (χ3v) is 6.92. The first-order valence-electron chi connectivity index (χ1n) is 11.7. The van der Waals surface area contributed by atoms with E-state index in [1.54, 1.807) is 0 Å². The molecule has 2 amide bonds. The van der Waals surface area contributed by atoms with Crippen LogP contribution >= 0.6 is 0 Å². The molecule has 2 fully saturated rings. The van der Waals surface area contributed by atoms with Gasteiger partial charge in [0.05, 0.1) is 11.3 Å². The zero-order chi connectivity index (χ0) is 22.9. The summed E-state index contributed by atoms with van der Waals surface area (Å²) in [6.07, 6.45) is 0. The minimum absolute atomic E-state index is 0.226. The number of benzene rings is 2. The number of nitrogens with zero attached hydrogens (tertiary/aromatic N) is 5. The smallest absolute Gasteiger partial charge is 0.282 e. The number of hydrogen-bond acceptors (Lipinski definition) is 6. The number of amides is 2. The van der Waals surface area contributed by atoms with Gasteiger partial charge in [-0.1, -0.05) is 30.3 Å². The first kappa shape index (κ1) is 21.7. The van der Waals surface area contributed by atoms with E-state index in [1.807, 2.05) is 54.6 Å². The van der Waals surface area contributed by atoms with Crippen molar-refractivity contribution in [3.05, 3.63) is 65.9 Å². The predicted octanol–water partition coefficient (Wildman–Crippen LogP) is 1.97. The van der Waals surface area contributed by atoms with E-state index < -0.39 is 0 Å². The number of likely N-dealkylation sites (N-methyl/N-ethyl adjacent to an activating group) is 2. The second kappa shape index (κ2) is 9.00. The summed E-state index contributed by atoms with van der Waals surface area (Å²) < 4.78 is 0. The Hall–Kier alpha value is -3.16. The molecule has 7 nitrogen and oxygen atoms in total. The van der Waals surface area contributed by atoms with Crippen molar-refractivity contribution in [2.75, 3.05) is 76.3 Å². The van der Waals surface area contributed by atoms with E-state index in [0.29, 0.717) is 17.0 Å². The van der Waals surface area contributed by atoms with E-state index in [0.717, 1.165) is 63.6 Å². The summed E-state index contributed by atoms with van der Waals surface area (Å²) in [7, 11) is 4.22. The Balaban J connectivity index is 1.45. The van der Waals surface area contributed by atoms with Gasteiger partial charge in [0, 0.05) is 58.0 Å². The molecule has 2 saturated heterocycles. The van der Waals surface area contributed by atoms with Crippen molar-refractivity contribution in [3.63, 3.8) is 0 Å². The van der Waals surface area contributed by atoms with Crippen molar-refractivity contribution >= 4 is 28.8 Å². The van der Waals surface area contributed by atoms with Crippen LogP contribution < -0.4 is 9.80 Å². The van der Waals surface area contributed by atoms with Crippen molar-refractivity contribution in [2.45, 2.75) is 0 Å². The van der Waals surface area contributed by atoms with Gasteiger partial charge in [-0.2, -0.15) is 0 Å². The van der Waals surface area contributed by atoms with Gasteiger partial charge in [-0.15, -0.1) is 0 Å². The van der Waals surface area contributed by atoms with Crippen molar-refractivity contribution in [1.82, 2.24) is 14.7 Å². The molecule has 0 radical (unpaired) electrons. The van der Waals surface area contributed by atoms with Crippen molar-refractivity contribution in [1.29, 1.82) is 0 Å². The fourth-order valence-electron chi connectivity index (χ4n) is 4.82. The monoisotopic (exact) mass is 445 g/mol. The SMILES string of the molecule is CN1CCN(C2=C(c3ccccc3)C(=O)N(c3ccc(N4CCN(C)CC4)cc3)C2=O)CC1. The number of anilines is 2. The Morgan fingerprint density at radius 2 is 1.09 bits per heavy atom. The number of carbonyl (C=O) groups excluding carboxylic acids is 2. The lowest BCUT2D eigenvalue weighted by Gasteiger charge is -2.34. The molecule has 0 unspecified atom stereocenters. The third kappa shape index (κ3) is 4.14. The highest BCUT2D eigenvalue weighted by Gasteiger charge is 2.42. The second-order valence-electron chi connectivity index (χ2n) is 9.13. The molecule has 3 heterocycles. The summed E-state index contributed by atoms with van der Waals surface area (Å²) in [6.45, 7) is 7.22. The van der Waals surface area contributed by atoms with Crippen molar-refractivity contribution in [3.8, 4) is 0 Å². The molecule has 0 spiro atoms. The topological polar surface area (TPSA) is 50.3 Å². The lowest BCUT2D eigenvalue weighted by molar-refractivity contribution is -0.120. The molecule has 2 aromatic carbocycles. The van der Waals surface area contributed by atoms with Gasteiger partial charge < -0.3 is 19.6 Å². The van der Waals surface area contributed by atoms with Crippen molar-refractivity contribution in [2.24, 2.45) is 0 Å². The first-order valence-corrected chi connectivity index (χ1v) is 11.7. The lowest BCUT2D eigenvalue weighted by Crippen LogP contribution is -2.46. The van der Waals surface area contributed by atoms with Crippen LogP contribution in [0.15, 0.2) is 60.3 Å². The van der Waals surface area contributed by atoms with E-state index in [4.69, 9.17) is 0 Å². The van der Waals surface area contributed by atoms with Crippen LogP contribution in [0.5, 0.6) is 0 Å². The molecule has 7 heteroatoms. The van der Waals surface area contributed by atoms with Crippen LogP contribution in [0.3, 0.4) is 0 Å². The van der Waals surface area contributed by atoms with Crippen LogP contribution in [-0.2, 0) is 9.59 Å². The normalized spacial score (nSPS) is 20.8. The maximum atomic E-state index is 13.7. The summed E-state index contributed by atoms with van der Waals surface area (Å²) in [5.41, 5.74) is 3.58. The zero-order valence-corrected chi connectivity index (χ0v) is 19.4. The predicted molar refractivity (Wildman–Crippen MR) is 131 cm³/mol. The maximum Gasteiger partial charge on any atom is 0.282 e. The van der Waals surface area contributed by atoms with Crippen LogP contribution in [0.25, 0.3) is 5.57 Å². The van der Waals surface area contributed by atoms with E-state index in [2.05, 4.69) is 33.7 Å². The molecular formula is C26H31N5O2. The molecule has 3 aliphatic heterocycles. The molecule has 0 bridgehead atoms. The van der Waals surface area contributed by atoms with E-state index >= 15 is 0 Å². The lowest BCUT2D eigenvalue weighted by atomic mass is 10.0. The highest BCUT2D eigenvalue weighted by molar-refractivity contribution is 6.45. The van der Waals surface area contributed by atoms with E-state index in [9.17, 15) is 9.59 Å². The molecule has 3 aliphatic rings. The second-order valence-corrected chi connectivity index (χ2v) is 9.13. The maximum absolute atomic E-state index is 13.7. The largest absolute Gasteiger partial charge is 0.369 e. The van der Waals surface area contributed by atoms with Gasteiger partial charge in [0.2, 0.25) is 0 Å². The third-order valence-electron chi connectivity index (χ3n) is 6.92. The first-order chi connectivity index (χ1) is 16.0. The molecule has 0 saturated carbocycles. The van der Waals surface area contributed by atoms with Gasteiger partial charge in [-0.25, -0.2) is 4.90 Å². The van der Waals surface area contributed by atoms with Crippen LogP contribution in [0.2, 0.25) is 0 Å². The Kier molecular flexibility index (Phi) is 5.91. The summed E-state index contributed by atoms with van der Waals surface area (Å²) in [6, 6.07) is 17.4. The fourth-order valence-corrected chi connectivity index (χ4v) is 4.82. The number of piperazine rings is 2. The number of hydrogen-bond donors (Lipinski definition) is 0. The average molecular weight is 446 g/mol. The molecule has 0 aromatic heterocycles. The van der Waals surface area contributed by atoms with Crippen LogP contribution in [0.4, 0.5) is 11.4 Å². The fraction of sp³-hybridized carbons (Fsp3) is 0.385. The van der Waals surface area contributed by atoms with E-state index in [-0.39, 0.29) is 11.8 Å². The van der Waals surface area contributed by atoms with Gasteiger partial charge in [0.25, 0.3) is 11.8 Å². The molecule has 2 aromatic rings. The average Bonchev–Trinajstić information content (AvgIpc) is 3.11. The number of carbonyl (C=O) groups is 2. The quantitative estimate of drug-likeness (QED) is 0.671. The van der Waals surface area contributed by atoms with Gasteiger partial charge >= 0.3 is 0 Å². The number of rotatable bonds is 4. The molecule has 5 rings (SSSR count). The molecule has 172 valence electrons. The molecule has 33 heavy (non-hydrogen) atoms. The molecule has 0 atom stereocenters. The van der Waals surface area contributed by atoms with Crippen LogP contribution in [0, 0.1) is 0 Å². The zero-order valence-electron chi connectivity index (χ0n) is 19.4. The van der Waals surface area contributed by atoms with Gasteiger partial charge in [-0.05, 0) is 43.9 Å². The van der Waals surface area contributed by atoms with Crippen LogP contribution in [0.1, 0.15) is 5.56 Å². The van der Waals surface area contributed by atoms with Gasteiger partial charge in [-0.3, -0.25) is 9.59 Å². The minimum atomic E-state index is -0.243. The summed E-state index contributed by atoms with van der Waals surface area (Å²) in [5.74, 6) is -0.469. The summed E-state index contributed by atoms with van der Waals surface area (Å²) in [5, 5.41) is 0. The summed E-state index contributed by atoms with van der Waals surface area (Å²) >= 11 is 0. The van der Waals surface area contributed by atoms with Gasteiger partial charge in [0.15, 0.2) is 0 Å². The highest BCUT2D eigenvalue weighted by atomic mass is 16.2. The Labute approximate surface area is 195 Å².